The summed E-state index contributed by atoms with van der Waals surface area (Å²) in [5.41, 5.74) is 7.24. The summed E-state index contributed by atoms with van der Waals surface area (Å²) >= 11 is 0. The van der Waals surface area contributed by atoms with Crippen LogP contribution >= 0.6 is 0 Å². The van der Waals surface area contributed by atoms with E-state index in [-0.39, 0.29) is 13.2 Å². The number of hydrogen-bond acceptors (Lipinski definition) is 6. The lowest BCUT2D eigenvalue weighted by atomic mass is 9.91. The molecule has 8 heteroatoms. The number of benzene rings is 1. The summed E-state index contributed by atoms with van der Waals surface area (Å²) in [6.45, 7) is 7.56. The molecule has 8 nitrogen and oxygen atoms in total. The number of fused-ring (bicyclic) bond motifs is 1. The van der Waals surface area contributed by atoms with Crippen molar-refractivity contribution in [1.29, 1.82) is 0 Å². The zero-order chi connectivity index (χ0) is 21.2. The number of rotatable bonds is 3. The molecular weight excluding hydrogens is 362 g/mol. The van der Waals surface area contributed by atoms with E-state index in [1.54, 1.807) is 26.1 Å². The van der Waals surface area contributed by atoms with E-state index < -0.39 is 29.4 Å². The maximum atomic E-state index is 13.0. The molecule has 2 amide bonds. The first-order valence-electron chi connectivity index (χ1n) is 9.24. The Bertz CT molecular complexity index is 785. The monoisotopic (exact) mass is 391 g/mol. The number of nitrogens with two attached hydrogens (primary N) is 1. The quantitative estimate of drug-likeness (QED) is 0.476. The minimum absolute atomic E-state index is 0.161. The Labute approximate surface area is 165 Å². The largest absolute Gasteiger partial charge is 0.495 e. The highest BCUT2D eigenvalue weighted by atomic mass is 16.5. The van der Waals surface area contributed by atoms with Crippen molar-refractivity contribution < 1.29 is 23.9 Å². The van der Waals surface area contributed by atoms with Crippen LogP contribution in [0.1, 0.15) is 44.9 Å². The molecule has 1 aromatic rings. The van der Waals surface area contributed by atoms with Gasteiger partial charge in [-0.05, 0) is 57.4 Å². The molecule has 28 heavy (non-hydrogen) atoms. The van der Waals surface area contributed by atoms with Gasteiger partial charge in [0.2, 0.25) is 0 Å². The summed E-state index contributed by atoms with van der Waals surface area (Å²) in [5, 5.41) is 0. The first-order chi connectivity index (χ1) is 13.0. The topological polar surface area (TPSA) is 102 Å². The average molecular weight is 391 g/mol. The molecule has 1 aliphatic rings. The van der Waals surface area contributed by atoms with Crippen LogP contribution < -0.4 is 10.5 Å². The maximum Gasteiger partial charge on any atom is 0.333 e. The number of nitrogen functional groups attached to an aromatic ring is 1. The molecule has 2 rings (SSSR count). The van der Waals surface area contributed by atoms with Crippen LogP contribution in [-0.2, 0) is 25.5 Å². The summed E-state index contributed by atoms with van der Waals surface area (Å²) in [5.74, 6) is -1.50. The second kappa shape index (κ2) is 8.08. The van der Waals surface area contributed by atoms with Gasteiger partial charge in [-0.3, -0.25) is 9.59 Å². The summed E-state index contributed by atoms with van der Waals surface area (Å²) < 4.78 is 10.4. The molecule has 0 saturated carbocycles. The molecule has 1 atom stereocenters. The van der Waals surface area contributed by atoms with E-state index in [1.807, 2.05) is 20.8 Å². The molecule has 0 saturated heterocycles. The van der Waals surface area contributed by atoms with Gasteiger partial charge in [0, 0.05) is 19.1 Å². The third kappa shape index (κ3) is 4.05. The smallest absolute Gasteiger partial charge is 0.333 e. The second-order valence-corrected chi connectivity index (χ2v) is 7.73. The van der Waals surface area contributed by atoms with Gasteiger partial charge in [0.15, 0.2) is 6.04 Å². The van der Waals surface area contributed by atoms with Crippen LogP contribution in [0, 0.1) is 0 Å². The van der Waals surface area contributed by atoms with Crippen LogP contribution in [0.5, 0.6) is 5.75 Å². The van der Waals surface area contributed by atoms with E-state index in [0.717, 1.165) is 5.56 Å². The van der Waals surface area contributed by atoms with Crippen LogP contribution in [0.4, 0.5) is 5.69 Å². The molecular formula is C20H29N3O5. The SMILES string of the molecule is CCOC(=O)C1c2cc(N)c(OC)cc2CCN1C(=O)C(=O)N(C)C(C)(C)C. The van der Waals surface area contributed by atoms with Gasteiger partial charge >= 0.3 is 17.8 Å². The van der Waals surface area contributed by atoms with Crippen LogP contribution in [0.25, 0.3) is 0 Å². The van der Waals surface area contributed by atoms with Crippen molar-refractivity contribution in [1.82, 2.24) is 9.80 Å². The predicted molar refractivity (Wildman–Crippen MR) is 105 cm³/mol. The molecule has 0 fully saturated rings. The fraction of sp³-hybridized carbons (Fsp3) is 0.550. The van der Waals surface area contributed by atoms with Crippen molar-refractivity contribution in [2.75, 3.05) is 33.0 Å². The van der Waals surface area contributed by atoms with Crippen molar-refractivity contribution in [2.45, 2.75) is 45.7 Å². The summed E-state index contributed by atoms with van der Waals surface area (Å²) in [4.78, 5) is 41.1. The van der Waals surface area contributed by atoms with Gasteiger partial charge in [-0.15, -0.1) is 0 Å². The zero-order valence-electron chi connectivity index (χ0n) is 17.4. The highest BCUT2D eigenvalue weighted by Crippen LogP contribution is 2.36. The van der Waals surface area contributed by atoms with E-state index in [4.69, 9.17) is 15.2 Å². The van der Waals surface area contributed by atoms with Gasteiger partial charge < -0.3 is 25.0 Å². The van der Waals surface area contributed by atoms with Gasteiger partial charge in [0.25, 0.3) is 0 Å². The highest BCUT2D eigenvalue weighted by Gasteiger charge is 2.41. The average Bonchev–Trinajstić information content (AvgIpc) is 2.64. The fourth-order valence-corrected chi connectivity index (χ4v) is 3.11. The van der Waals surface area contributed by atoms with E-state index in [2.05, 4.69) is 0 Å². The minimum atomic E-state index is -1.03. The van der Waals surface area contributed by atoms with Crippen molar-refractivity contribution >= 4 is 23.5 Å². The van der Waals surface area contributed by atoms with E-state index in [9.17, 15) is 14.4 Å². The van der Waals surface area contributed by atoms with Gasteiger partial charge in [-0.2, -0.15) is 0 Å². The van der Waals surface area contributed by atoms with Crippen molar-refractivity contribution in [3.63, 3.8) is 0 Å². The Balaban J connectivity index is 2.47. The Morgan fingerprint density at radius 3 is 2.46 bits per heavy atom. The lowest BCUT2D eigenvalue weighted by Gasteiger charge is -2.38. The van der Waals surface area contributed by atoms with Crippen LogP contribution in [-0.4, -0.2) is 60.4 Å². The number of amides is 2. The number of hydrogen-bond donors (Lipinski definition) is 1. The van der Waals surface area contributed by atoms with Crippen LogP contribution in [0.3, 0.4) is 0 Å². The van der Waals surface area contributed by atoms with Crippen molar-refractivity contribution in [3.8, 4) is 5.75 Å². The first kappa shape index (κ1) is 21.5. The molecule has 0 aromatic heterocycles. The van der Waals surface area contributed by atoms with Gasteiger partial charge in [0.1, 0.15) is 5.75 Å². The molecule has 0 spiro atoms. The third-order valence-corrected chi connectivity index (χ3v) is 4.98. The van der Waals surface area contributed by atoms with Crippen molar-refractivity contribution in [2.24, 2.45) is 0 Å². The Hall–Kier alpha value is -2.77. The van der Waals surface area contributed by atoms with Crippen LogP contribution in [0.2, 0.25) is 0 Å². The van der Waals surface area contributed by atoms with Crippen LogP contribution in [0.15, 0.2) is 12.1 Å². The number of methoxy groups -OCH3 is 1. The second-order valence-electron chi connectivity index (χ2n) is 7.73. The normalized spacial score (nSPS) is 16.2. The highest BCUT2D eigenvalue weighted by molar-refractivity contribution is 6.35. The van der Waals surface area contributed by atoms with E-state index in [0.29, 0.717) is 23.4 Å². The number of anilines is 1. The summed E-state index contributed by atoms with van der Waals surface area (Å²) in [7, 11) is 3.08. The standard InChI is InChI=1S/C20H29N3O5/c1-7-28-19(26)16-13-11-14(21)15(27-6)10-12(13)8-9-23(16)18(25)17(24)22(5)20(2,3)4/h10-11,16H,7-9,21H2,1-6H3. The van der Waals surface area contributed by atoms with Gasteiger partial charge in [0.05, 0.1) is 19.4 Å². The Morgan fingerprint density at radius 1 is 1.29 bits per heavy atom. The van der Waals surface area contributed by atoms with Crippen molar-refractivity contribution in [3.05, 3.63) is 23.3 Å². The Morgan fingerprint density at radius 2 is 1.93 bits per heavy atom. The summed E-state index contributed by atoms with van der Waals surface area (Å²) in [6.07, 6.45) is 0.472. The molecule has 0 radical (unpaired) electrons. The molecule has 1 aromatic carbocycles. The predicted octanol–water partition coefficient (Wildman–Crippen LogP) is 1.52. The van der Waals surface area contributed by atoms with Gasteiger partial charge in [-0.25, -0.2) is 4.79 Å². The molecule has 1 heterocycles. The van der Waals surface area contributed by atoms with E-state index >= 15 is 0 Å². The van der Waals surface area contributed by atoms with Gasteiger partial charge in [-0.1, -0.05) is 0 Å². The molecule has 2 N–H and O–H groups in total. The molecule has 1 aliphatic heterocycles. The number of likely N-dealkylation sites (N-methyl/N-ethyl adjacent to an activating group) is 1. The number of ether oxygens (including phenoxy) is 2. The lowest BCUT2D eigenvalue weighted by Crippen LogP contribution is -2.53. The molecule has 154 valence electrons. The zero-order valence-corrected chi connectivity index (χ0v) is 17.4. The lowest BCUT2D eigenvalue weighted by molar-refractivity contribution is -0.162. The minimum Gasteiger partial charge on any atom is -0.495 e. The Kier molecular flexibility index (Phi) is 6.21. The summed E-state index contributed by atoms with van der Waals surface area (Å²) in [6, 6.07) is 2.36. The third-order valence-electron chi connectivity index (χ3n) is 4.98. The number of nitrogens with zero attached hydrogens (tertiary/aromatic N) is 2. The molecule has 1 unspecified atom stereocenters. The molecule has 0 aliphatic carbocycles. The molecule has 0 bridgehead atoms. The van der Waals surface area contributed by atoms with E-state index in [1.165, 1.54) is 16.9 Å². The first-order valence-corrected chi connectivity index (χ1v) is 9.24. The number of carbonyl (C=O) groups excluding carboxylic acids is 3. The number of esters is 1. The maximum absolute atomic E-state index is 13.0. The fourth-order valence-electron chi connectivity index (χ4n) is 3.11. The number of carbonyl (C=O) groups is 3.